The summed E-state index contributed by atoms with van der Waals surface area (Å²) < 4.78 is 4.74. The highest BCUT2D eigenvalue weighted by molar-refractivity contribution is 7.15. The lowest BCUT2D eigenvalue weighted by Crippen LogP contribution is -2.53. The summed E-state index contributed by atoms with van der Waals surface area (Å²) >= 11 is 1.64. The van der Waals surface area contributed by atoms with Crippen molar-refractivity contribution in [2.24, 2.45) is 0 Å². The Morgan fingerprint density at radius 1 is 1.60 bits per heavy atom. The molecule has 1 aromatic heterocycles. The van der Waals surface area contributed by atoms with Gasteiger partial charge in [0.25, 0.3) is 0 Å². The minimum Gasteiger partial charge on any atom is -0.467 e. The predicted molar refractivity (Wildman–Crippen MR) is 59.4 cm³/mol. The number of thiazole rings is 1. The van der Waals surface area contributed by atoms with Crippen LogP contribution < -0.4 is 4.90 Å². The van der Waals surface area contributed by atoms with E-state index in [1.54, 1.807) is 11.3 Å². The molecule has 4 nitrogen and oxygen atoms in total. The Hall–Kier alpha value is -1.10. The van der Waals surface area contributed by atoms with Crippen molar-refractivity contribution >= 4 is 22.4 Å². The Balaban J connectivity index is 2.15. The highest BCUT2D eigenvalue weighted by Crippen LogP contribution is 2.32. The summed E-state index contributed by atoms with van der Waals surface area (Å²) in [7, 11) is 1.43. The molecule has 15 heavy (non-hydrogen) atoms. The largest absolute Gasteiger partial charge is 0.467 e. The molecule has 0 spiro atoms. The van der Waals surface area contributed by atoms with Crippen LogP contribution >= 0.6 is 11.3 Å². The Labute approximate surface area is 92.9 Å². The third-order valence-corrected chi connectivity index (χ3v) is 3.87. The molecule has 0 aromatic carbocycles. The molecule has 1 aliphatic rings. The number of carbonyl (C=O) groups excluding carboxylic acids is 1. The number of rotatable bonds is 2. The van der Waals surface area contributed by atoms with Gasteiger partial charge in [-0.2, -0.15) is 0 Å². The first-order chi connectivity index (χ1) is 7.13. The van der Waals surface area contributed by atoms with Gasteiger partial charge in [0.15, 0.2) is 5.13 Å². The third-order valence-electron chi connectivity index (χ3n) is 2.76. The van der Waals surface area contributed by atoms with Crippen molar-refractivity contribution in [3.05, 3.63) is 10.6 Å². The Bertz CT molecular complexity index is 369. The summed E-state index contributed by atoms with van der Waals surface area (Å²) in [6.45, 7) is 4.93. The van der Waals surface area contributed by atoms with Gasteiger partial charge in [0.05, 0.1) is 12.8 Å². The van der Waals surface area contributed by atoms with Crippen molar-refractivity contribution in [3.8, 4) is 0 Å². The average molecular weight is 226 g/mol. The maximum Gasteiger partial charge on any atom is 0.328 e. The predicted octanol–water partition coefficient (Wildman–Crippen LogP) is 1.51. The van der Waals surface area contributed by atoms with Crippen molar-refractivity contribution in [1.82, 2.24) is 4.98 Å². The molecule has 0 aliphatic carbocycles. The van der Waals surface area contributed by atoms with Crippen LogP contribution in [0.2, 0.25) is 0 Å². The number of hydrogen-bond donors (Lipinski definition) is 0. The van der Waals surface area contributed by atoms with Crippen LogP contribution in [0.4, 0.5) is 5.13 Å². The highest BCUT2D eigenvalue weighted by Gasteiger charge is 2.36. The monoisotopic (exact) mass is 226 g/mol. The molecule has 1 atom stereocenters. The molecule has 1 unspecified atom stereocenters. The SMILES string of the molecule is COC(=O)C1CCN1c1nc(C)c(C)s1. The summed E-state index contributed by atoms with van der Waals surface area (Å²) in [6.07, 6.45) is 0.865. The Morgan fingerprint density at radius 2 is 2.33 bits per heavy atom. The van der Waals surface area contributed by atoms with Gasteiger partial charge >= 0.3 is 5.97 Å². The number of esters is 1. The summed E-state index contributed by atoms with van der Waals surface area (Å²) in [5.74, 6) is -0.160. The van der Waals surface area contributed by atoms with Gasteiger partial charge in [-0.3, -0.25) is 0 Å². The maximum atomic E-state index is 11.4. The molecule has 0 amide bonds. The molecule has 2 rings (SSSR count). The smallest absolute Gasteiger partial charge is 0.328 e. The van der Waals surface area contributed by atoms with E-state index >= 15 is 0 Å². The van der Waals surface area contributed by atoms with Gasteiger partial charge in [-0.1, -0.05) is 0 Å². The maximum absolute atomic E-state index is 11.4. The van der Waals surface area contributed by atoms with E-state index in [1.807, 2.05) is 18.7 Å². The molecule has 1 fully saturated rings. The lowest BCUT2D eigenvalue weighted by molar-refractivity contribution is -0.143. The van der Waals surface area contributed by atoms with Crippen LogP contribution in [0, 0.1) is 13.8 Å². The van der Waals surface area contributed by atoms with E-state index < -0.39 is 0 Å². The second kappa shape index (κ2) is 3.81. The molecular formula is C10H14N2O2S. The first kappa shape index (κ1) is 10.4. The van der Waals surface area contributed by atoms with E-state index in [4.69, 9.17) is 4.74 Å². The molecule has 82 valence electrons. The lowest BCUT2D eigenvalue weighted by atomic mass is 10.1. The first-order valence-electron chi connectivity index (χ1n) is 4.92. The van der Waals surface area contributed by atoms with Crippen LogP contribution in [0.15, 0.2) is 0 Å². The fraction of sp³-hybridized carbons (Fsp3) is 0.600. The van der Waals surface area contributed by atoms with Crippen LogP contribution in [0.5, 0.6) is 0 Å². The van der Waals surface area contributed by atoms with Crippen molar-refractivity contribution in [2.45, 2.75) is 26.3 Å². The number of methoxy groups -OCH3 is 1. The van der Waals surface area contributed by atoms with E-state index in [-0.39, 0.29) is 12.0 Å². The van der Waals surface area contributed by atoms with E-state index in [0.717, 1.165) is 23.8 Å². The molecule has 0 saturated carbocycles. The zero-order chi connectivity index (χ0) is 11.0. The molecule has 0 bridgehead atoms. The van der Waals surface area contributed by atoms with Gasteiger partial charge in [0.1, 0.15) is 6.04 Å². The van der Waals surface area contributed by atoms with Gasteiger partial charge in [-0.15, -0.1) is 11.3 Å². The molecule has 0 N–H and O–H groups in total. The molecular weight excluding hydrogens is 212 g/mol. The number of anilines is 1. The van der Waals surface area contributed by atoms with Gasteiger partial charge < -0.3 is 9.64 Å². The van der Waals surface area contributed by atoms with Gasteiger partial charge in [0, 0.05) is 11.4 Å². The van der Waals surface area contributed by atoms with Crippen LogP contribution in [-0.2, 0) is 9.53 Å². The number of aromatic nitrogens is 1. The molecule has 0 radical (unpaired) electrons. The summed E-state index contributed by atoms with van der Waals surface area (Å²) in [5, 5.41) is 0.937. The highest BCUT2D eigenvalue weighted by atomic mass is 32.1. The Morgan fingerprint density at radius 3 is 2.73 bits per heavy atom. The topological polar surface area (TPSA) is 42.4 Å². The second-order valence-corrected chi connectivity index (χ2v) is 4.84. The number of ether oxygens (including phenoxy) is 1. The first-order valence-corrected chi connectivity index (χ1v) is 5.73. The standard InChI is InChI=1S/C10H14N2O2S/c1-6-7(2)15-10(11-6)12-5-4-8(12)9(13)14-3/h8H,4-5H2,1-3H3. The second-order valence-electron chi connectivity index (χ2n) is 3.66. The molecule has 5 heteroatoms. The van der Waals surface area contributed by atoms with Crippen LogP contribution in [0.25, 0.3) is 0 Å². The Kier molecular flexibility index (Phi) is 2.65. The zero-order valence-electron chi connectivity index (χ0n) is 9.11. The minimum atomic E-state index is -0.160. The fourth-order valence-corrected chi connectivity index (χ4v) is 2.56. The minimum absolute atomic E-state index is 0.125. The quantitative estimate of drug-likeness (QED) is 0.717. The van der Waals surface area contributed by atoms with Crippen LogP contribution in [0.3, 0.4) is 0 Å². The number of hydrogen-bond acceptors (Lipinski definition) is 5. The molecule has 2 heterocycles. The van der Waals surface area contributed by atoms with E-state index in [2.05, 4.69) is 4.98 Å². The van der Waals surface area contributed by atoms with E-state index in [1.165, 1.54) is 12.0 Å². The number of nitrogens with zero attached hydrogens (tertiary/aromatic N) is 2. The van der Waals surface area contributed by atoms with Crippen LogP contribution in [-0.4, -0.2) is 30.6 Å². The molecule has 1 aromatic rings. The van der Waals surface area contributed by atoms with E-state index in [0.29, 0.717) is 0 Å². The van der Waals surface area contributed by atoms with Crippen molar-refractivity contribution in [1.29, 1.82) is 0 Å². The van der Waals surface area contributed by atoms with Gasteiger partial charge in [-0.25, -0.2) is 9.78 Å². The molecule has 1 aliphatic heterocycles. The molecule has 1 saturated heterocycles. The van der Waals surface area contributed by atoms with Crippen molar-refractivity contribution in [3.63, 3.8) is 0 Å². The summed E-state index contributed by atoms with van der Waals surface area (Å²) in [4.78, 5) is 19.0. The normalized spacial score (nSPS) is 19.9. The third kappa shape index (κ3) is 1.71. The number of aryl methyl sites for hydroxylation is 2. The van der Waals surface area contributed by atoms with E-state index in [9.17, 15) is 4.79 Å². The summed E-state index contributed by atoms with van der Waals surface area (Å²) in [5.41, 5.74) is 1.05. The lowest BCUT2D eigenvalue weighted by Gasteiger charge is -2.38. The van der Waals surface area contributed by atoms with Crippen molar-refractivity contribution < 1.29 is 9.53 Å². The fourth-order valence-electron chi connectivity index (χ4n) is 1.58. The van der Waals surface area contributed by atoms with Gasteiger partial charge in [-0.05, 0) is 20.3 Å². The van der Waals surface area contributed by atoms with Gasteiger partial charge in [0.2, 0.25) is 0 Å². The zero-order valence-corrected chi connectivity index (χ0v) is 9.93. The van der Waals surface area contributed by atoms with Crippen LogP contribution in [0.1, 0.15) is 17.0 Å². The summed E-state index contributed by atoms with van der Waals surface area (Å²) in [6, 6.07) is -0.125. The number of carbonyl (C=O) groups is 1. The average Bonchev–Trinajstić information content (AvgIpc) is 2.44. The van der Waals surface area contributed by atoms with Crippen molar-refractivity contribution in [2.75, 3.05) is 18.6 Å².